The fourth-order valence-corrected chi connectivity index (χ4v) is 1.71. The van der Waals surface area contributed by atoms with Crippen LogP contribution in [0.1, 0.15) is 22.5 Å². The molecule has 0 saturated carbocycles. The van der Waals surface area contributed by atoms with Crippen LogP contribution in [0.5, 0.6) is 5.75 Å². The predicted molar refractivity (Wildman–Crippen MR) is 61.5 cm³/mol. The van der Waals surface area contributed by atoms with Crippen molar-refractivity contribution in [2.45, 2.75) is 12.8 Å². The van der Waals surface area contributed by atoms with Gasteiger partial charge in [-0.15, -0.1) is 0 Å². The van der Waals surface area contributed by atoms with Gasteiger partial charge < -0.3 is 10.1 Å². The van der Waals surface area contributed by atoms with E-state index in [1.807, 2.05) is 0 Å². The Morgan fingerprint density at radius 2 is 1.94 bits per heavy atom. The Kier molecular flexibility index (Phi) is 3.41. The van der Waals surface area contributed by atoms with Crippen LogP contribution >= 0.6 is 0 Å². The third-order valence-corrected chi connectivity index (χ3v) is 2.63. The molecule has 0 aliphatic carbocycles. The van der Waals surface area contributed by atoms with Gasteiger partial charge in [-0.1, -0.05) is 0 Å². The minimum absolute atomic E-state index is 0.000865. The molecule has 0 bridgehead atoms. The standard InChI is InChI=1S/C13H11F2NO2/c14-10-6-8(17)7-11(15)9(10)3-4-13(18)12-2-1-5-16-12/h1-2,5-7,16-17H,3-4H2. The topological polar surface area (TPSA) is 53.1 Å². The maximum atomic E-state index is 13.4. The first kappa shape index (κ1) is 12.3. The Balaban J connectivity index is 2.09. The molecule has 0 amide bonds. The number of halogens is 2. The number of aromatic hydroxyl groups is 1. The van der Waals surface area contributed by atoms with Gasteiger partial charge >= 0.3 is 0 Å². The minimum atomic E-state index is -0.841. The molecule has 2 N–H and O–H groups in total. The molecule has 2 rings (SSSR count). The summed E-state index contributed by atoms with van der Waals surface area (Å²) in [7, 11) is 0. The van der Waals surface area contributed by atoms with E-state index in [1.165, 1.54) is 0 Å². The lowest BCUT2D eigenvalue weighted by molar-refractivity contribution is 0.0978. The van der Waals surface area contributed by atoms with Crippen LogP contribution in [0.15, 0.2) is 30.5 Å². The van der Waals surface area contributed by atoms with Gasteiger partial charge in [0, 0.05) is 30.3 Å². The molecule has 0 aliphatic heterocycles. The van der Waals surface area contributed by atoms with Crippen LogP contribution in [0.3, 0.4) is 0 Å². The molecule has 94 valence electrons. The normalized spacial score (nSPS) is 10.6. The summed E-state index contributed by atoms with van der Waals surface area (Å²) in [5, 5.41) is 8.99. The molecule has 5 heteroatoms. The third kappa shape index (κ3) is 2.56. The lowest BCUT2D eigenvalue weighted by atomic mass is 10.0. The zero-order valence-corrected chi connectivity index (χ0v) is 9.41. The lowest BCUT2D eigenvalue weighted by Crippen LogP contribution is -2.04. The van der Waals surface area contributed by atoms with Gasteiger partial charge in [-0.05, 0) is 18.6 Å². The zero-order chi connectivity index (χ0) is 13.1. The van der Waals surface area contributed by atoms with Crippen molar-refractivity contribution in [1.29, 1.82) is 0 Å². The average molecular weight is 251 g/mol. The second-order valence-electron chi connectivity index (χ2n) is 3.89. The van der Waals surface area contributed by atoms with Crippen LogP contribution in [0, 0.1) is 11.6 Å². The van der Waals surface area contributed by atoms with E-state index in [9.17, 15) is 13.6 Å². The first-order chi connectivity index (χ1) is 8.58. The fraction of sp³-hybridized carbons (Fsp3) is 0.154. The van der Waals surface area contributed by atoms with Gasteiger partial charge in [0.25, 0.3) is 0 Å². The van der Waals surface area contributed by atoms with Crippen molar-refractivity contribution in [1.82, 2.24) is 4.98 Å². The molecule has 0 spiro atoms. The average Bonchev–Trinajstić information content (AvgIpc) is 2.80. The molecule has 0 saturated heterocycles. The molecular weight excluding hydrogens is 240 g/mol. The number of aromatic amines is 1. The minimum Gasteiger partial charge on any atom is -0.508 e. The van der Waals surface area contributed by atoms with Crippen LogP contribution in [0.25, 0.3) is 0 Å². The molecule has 0 unspecified atom stereocenters. The number of hydrogen-bond donors (Lipinski definition) is 2. The molecule has 1 aromatic carbocycles. The fourth-order valence-electron chi connectivity index (χ4n) is 1.71. The highest BCUT2D eigenvalue weighted by Crippen LogP contribution is 2.21. The van der Waals surface area contributed by atoms with E-state index in [1.54, 1.807) is 18.3 Å². The number of hydrogen-bond acceptors (Lipinski definition) is 2. The van der Waals surface area contributed by atoms with Gasteiger partial charge in [0.1, 0.15) is 17.4 Å². The third-order valence-electron chi connectivity index (χ3n) is 2.63. The molecule has 3 nitrogen and oxygen atoms in total. The summed E-state index contributed by atoms with van der Waals surface area (Å²) in [6.45, 7) is 0. The Hall–Kier alpha value is -2.17. The molecule has 1 aromatic heterocycles. The molecule has 0 aliphatic rings. The highest BCUT2D eigenvalue weighted by Gasteiger charge is 2.14. The van der Waals surface area contributed by atoms with Crippen molar-refractivity contribution in [3.8, 4) is 5.75 Å². The molecule has 0 radical (unpaired) electrons. The highest BCUT2D eigenvalue weighted by molar-refractivity contribution is 5.94. The van der Waals surface area contributed by atoms with Crippen LogP contribution in [-0.2, 0) is 6.42 Å². The summed E-state index contributed by atoms with van der Waals surface area (Å²) in [6.07, 6.45) is 1.56. The van der Waals surface area contributed by atoms with E-state index < -0.39 is 17.4 Å². The molecular formula is C13H11F2NO2. The number of phenols is 1. The van der Waals surface area contributed by atoms with E-state index in [0.717, 1.165) is 12.1 Å². The Morgan fingerprint density at radius 3 is 2.50 bits per heavy atom. The maximum Gasteiger partial charge on any atom is 0.179 e. The van der Waals surface area contributed by atoms with Crippen LogP contribution in [0.4, 0.5) is 8.78 Å². The predicted octanol–water partition coefficient (Wildman–Crippen LogP) is 2.81. The number of carbonyl (C=O) groups is 1. The number of Topliss-reactive ketones (excluding diaryl/α,β-unsaturated/α-hetero) is 1. The number of carbonyl (C=O) groups excluding carboxylic acids is 1. The number of ketones is 1. The van der Waals surface area contributed by atoms with E-state index >= 15 is 0 Å². The number of rotatable bonds is 4. The van der Waals surface area contributed by atoms with Gasteiger partial charge in [-0.25, -0.2) is 8.78 Å². The maximum absolute atomic E-state index is 13.4. The van der Waals surface area contributed by atoms with Crippen LogP contribution < -0.4 is 0 Å². The largest absolute Gasteiger partial charge is 0.508 e. The summed E-state index contributed by atoms with van der Waals surface area (Å²) < 4.78 is 26.8. The number of nitrogens with one attached hydrogen (secondary N) is 1. The first-order valence-electron chi connectivity index (χ1n) is 5.41. The molecule has 18 heavy (non-hydrogen) atoms. The van der Waals surface area contributed by atoms with Crippen molar-refractivity contribution >= 4 is 5.78 Å². The van der Waals surface area contributed by atoms with Crippen molar-refractivity contribution in [3.05, 3.63) is 53.4 Å². The number of phenolic OH excluding ortho intramolecular Hbond substituents is 1. The van der Waals surface area contributed by atoms with E-state index in [-0.39, 0.29) is 24.2 Å². The quantitative estimate of drug-likeness (QED) is 0.821. The van der Waals surface area contributed by atoms with Gasteiger partial charge in [0.05, 0.1) is 5.69 Å². The van der Waals surface area contributed by atoms with Gasteiger partial charge in [0.15, 0.2) is 5.78 Å². The van der Waals surface area contributed by atoms with E-state index in [2.05, 4.69) is 4.98 Å². The van der Waals surface area contributed by atoms with Crippen molar-refractivity contribution in [2.75, 3.05) is 0 Å². The lowest BCUT2D eigenvalue weighted by Gasteiger charge is -2.05. The van der Waals surface area contributed by atoms with Crippen molar-refractivity contribution in [3.63, 3.8) is 0 Å². The highest BCUT2D eigenvalue weighted by atomic mass is 19.1. The number of aromatic nitrogens is 1. The van der Waals surface area contributed by atoms with Crippen LogP contribution in [0.2, 0.25) is 0 Å². The second kappa shape index (κ2) is 5.00. The summed E-state index contributed by atoms with van der Waals surface area (Å²) in [4.78, 5) is 14.4. The van der Waals surface area contributed by atoms with Crippen molar-refractivity contribution < 1.29 is 18.7 Å². The SMILES string of the molecule is O=C(CCc1c(F)cc(O)cc1F)c1ccc[nH]1. The summed E-state index contributed by atoms with van der Waals surface area (Å²) in [5.41, 5.74) is 0.224. The van der Waals surface area contributed by atoms with Gasteiger partial charge in [-0.3, -0.25) is 4.79 Å². The van der Waals surface area contributed by atoms with E-state index in [0.29, 0.717) is 5.69 Å². The first-order valence-corrected chi connectivity index (χ1v) is 5.41. The number of benzene rings is 1. The smallest absolute Gasteiger partial charge is 0.179 e. The molecule has 0 atom stereocenters. The molecule has 0 fully saturated rings. The molecule has 2 aromatic rings. The van der Waals surface area contributed by atoms with Crippen molar-refractivity contribution in [2.24, 2.45) is 0 Å². The summed E-state index contributed by atoms with van der Waals surface area (Å²) in [5.74, 6) is -2.37. The summed E-state index contributed by atoms with van der Waals surface area (Å²) in [6, 6.07) is 4.94. The summed E-state index contributed by atoms with van der Waals surface area (Å²) >= 11 is 0. The Labute approximate surface area is 102 Å². The zero-order valence-electron chi connectivity index (χ0n) is 9.41. The van der Waals surface area contributed by atoms with Gasteiger partial charge in [-0.2, -0.15) is 0 Å². The molecule has 1 heterocycles. The van der Waals surface area contributed by atoms with Gasteiger partial charge in [0.2, 0.25) is 0 Å². The Morgan fingerprint density at radius 1 is 1.28 bits per heavy atom. The Bertz CT molecular complexity index is 541. The van der Waals surface area contributed by atoms with E-state index in [4.69, 9.17) is 5.11 Å². The van der Waals surface area contributed by atoms with Crippen LogP contribution in [-0.4, -0.2) is 15.9 Å². The number of H-pyrrole nitrogens is 1. The monoisotopic (exact) mass is 251 g/mol. The second-order valence-corrected chi connectivity index (χ2v) is 3.89.